The van der Waals surface area contributed by atoms with E-state index >= 15 is 0 Å². The third kappa shape index (κ3) is 4.15. The fourth-order valence-electron chi connectivity index (χ4n) is 2.29. The molecule has 7 heteroatoms. The lowest BCUT2D eigenvalue weighted by Crippen LogP contribution is -2.15. The van der Waals surface area contributed by atoms with E-state index in [1.54, 1.807) is 42.5 Å². The summed E-state index contributed by atoms with van der Waals surface area (Å²) >= 11 is 5.93. The van der Waals surface area contributed by atoms with Crippen molar-refractivity contribution >= 4 is 34.8 Å². The average Bonchev–Trinajstić information content (AvgIpc) is 2.64. The van der Waals surface area contributed by atoms with Gasteiger partial charge in [0.25, 0.3) is 5.91 Å². The fraction of sp³-hybridized carbons (Fsp3) is 0.0526. The largest absolute Gasteiger partial charge is 0.324 e. The highest BCUT2D eigenvalue weighted by Gasteiger charge is 2.11. The van der Waals surface area contributed by atoms with E-state index in [2.05, 4.69) is 26.7 Å². The Morgan fingerprint density at radius 2 is 2.04 bits per heavy atom. The molecule has 128 valence electrons. The van der Waals surface area contributed by atoms with Crippen LogP contribution in [0.4, 0.5) is 17.3 Å². The highest BCUT2D eigenvalue weighted by atomic mass is 35.5. The van der Waals surface area contributed by atoms with Gasteiger partial charge in [-0.1, -0.05) is 17.7 Å². The van der Waals surface area contributed by atoms with Crippen LogP contribution in [0.1, 0.15) is 21.6 Å². The molecule has 3 aromatic rings. The molecule has 2 aromatic carbocycles. The van der Waals surface area contributed by atoms with E-state index in [-0.39, 0.29) is 17.5 Å². The molecule has 1 amide bonds. The van der Waals surface area contributed by atoms with Crippen LogP contribution < -0.4 is 10.6 Å². The van der Waals surface area contributed by atoms with Crippen LogP contribution in [0.2, 0.25) is 5.02 Å². The number of nitriles is 1. The first kappa shape index (κ1) is 17.4. The van der Waals surface area contributed by atoms with Gasteiger partial charge in [-0.25, -0.2) is 9.97 Å². The van der Waals surface area contributed by atoms with Crippen LogP contribution in [-0.4, -0.2) is 15.9 Å². The van der Waals surface area contributed by atoms with Crippen molar-refractivity contribution in [2.75, 3.05) is 10.6 Å². The van der Waals surface area contributed by atoms with Crippen LogP contribution in [0, 0.1) is 18.3 Å². The van der Waals surface area contributed by atoms with E-state index in [4.69, 9.17) is 16.9 Å². The number of aryl methyl sites for hydroxylation is 1. The van der Waals surface area contributed by atoms with Gasteiger partial charge in [0.15, 0.2) is 0 Å². The number of halogens is 1. The van der Waals surface area contributed by atoms with Crippen molar-refractivity contribution in [3.05, 3.63) is 76.6 Å². The maximum absolute atomic E-state index is 12.5. The summed E-state index contributed by atoms with van der Waals surface area (Å²) in [6, 6.07) is 15.7. The molecule has 26 heavy (non-hydrogen) atoms. The van der Waals surface area contributed by atoms with E-state index in [9.17, 15) is 4.79 Å². The number of nitrogens with zero attached hydrogens (tertiary/aromatic N) is 3. The van der Waals surface area contributed by atoms with Crippen molar-refractivity contribution in [1.29, 1.82) is 5.26 Å². The summed E-state index contributed by atoms with van der Waals surface area (Å²) in [6.07, 6.45) is 1.49. The Kier molecular flexibility index (Phi) is 5.11. The molecule has 0 saturated carbocycles. The van der Waals surface area contributed by atoms with Gasteiger partial charge in [0.1, 0.15) is 5.69 Å². The topological polar surface area (TPSA) is 90.7 Å². The molecule has 6 nitrogen and oxygen atoms in total. The van der Waals surface area contributed by atoms with Gasteiger partial charge in [-0.3, -0.25) is 4.79 Å². The van der Waals surface area contributed by atoms with Gasteiger partial charge in [-0.15, -0.1) is 0 Å². The highest BCUT2D eigenvalue weighted by Crippen LogP contribution is 2.20. The average molecular weight is 364 g/mol. The van der Waals surface area contributed by atoms with Gasteiger partial charge < -0.3 is 10.6 Å². The molecular formula is C19H14ClN5O. The normalized spacial score (nSPS) is 10.0. The molecule has 0 aliphatic heterocycles. The number of hydrogen-bond acceptors (Lipinski definition) is 5. The Balaban J connectivity index is 1.78. The number of amides is 1. The van der Waals surface area contributed by atoms with Gasteiger partial charge >= 0.3 is 0 Å². The smallest absolute Gasteiger partial charge is 0.274 e. The second-order valence-electron chi connectivity index (χ2n) is 5.50. The molecule has 0 saturated heterocycles. The zero-order chi connectivity index (χ0) is 18.5. The predicted octanol–water partition coefficient (Wildman–Crippen LogP) is 4.31. The van der Waals surface area contributed by atoms with E-state index in [0.717, 1.165) is 5.56 Å². The molecule has 1 heterocycles. The number of rotatable bonds is 4. The minimum absolute atomic E-state index is 0.216. The Morgan fingerprint density at radius 1 is 1.19 bits per heavy atom. The van der Waals surface area contributed by atoms with Crippen molar-refractivity contribution in [3.63, 3.8) is 0 Å². The summed E-state index contributed by atoms with van der Waals surface area (Å²) in [6.45, 7) is 1.86. The van der Waals surface area contributed by atoms with Crippen LogP contribution >= 0.6 is 11.6 Å². The molecule has 0 fully saturated rings. The Bertz CT molecular complexity index is 1010. The lowest BCUT2D eigenvalue weighted by molar-refractivity contribution is 0.102. The van der Waals surface area contributed by atoms with Crippen LogP contribution in [0.25, 0.3) is 0 Å². The molecule has 2 N–H and O–H groups in total. The number of aromatic nitrogens is 2. The van der Waals surface area contributed by atoms with E-state index in [1.165, 1.54) is 12.3 Å². The maximum Gasteiger partial charge on any atom is 0.274 e. The molecule has 0 bridgehead atoms. The molecule has 0 spiro atoms. The highest BCUT2D eigenvalue weighted by molar-refractivity contribution is 6.30. The predicted molar refractivity (Wildman–Crippen MR) is 101 cm³/mol. The Morgan fingerprint density at radius 3 is 2.81 bits per heavy atom. The number of hydrogen-bond donors (Lipinski definition) is 2. The first-order valence-corrected chi connectivity index (χ1v) is 8.11. The van der Waals surface area contributed by atoms with Gasteiger partial charge in [0, 0.05) is 22.6 Å². The number of carbonyl (C=O) groups excluding carboxylic acids is 1. The zero-order valence-electron chi connectivity index (χ0n) is 13.8. The van der Waals surface area contributed by atoms with Gasteiger partial charge in [-0.2, -0.15) is 5.26 Å². The zero-order valence-corrected chi connectivity index (χ0v) is 14.6. The van der Waals surface area contributed by atoms with Crippen LogP contribution in [0.3, 0.4) is 0 Å². The quantitative estimate of drug-likeness (QED) is 0.720. The van der Waals surface area contributed by atoms with Gasteiger partial charge in [-0.05, 0) is 55.0 Å². The molecule has 1 aromatic heterocycles. The summed E-state index contributed by atoms with van der Waals surface area (Å²) in [5, 5.41) is 15.3. The maximum atomic E-state index is 12.5. The third-order valence-electron chi connectivity index (χ3n) is 3.57. The summed E-state index contributed by atoms with van der Waals surface area (Å²) in [4.78, 5) is 20.8. The van der Waals surface area contributed by atoms with E-state index in [0.29, 0.717) is 22.0 Å². The molecule has 0 atom stereocenters. The Labute approximate surface area is 155 Å². The number of nitrogens with one attached hydrogen (secondary N) is 2. The van der Waals surface area contributed by atoms with Crippen molar-refractivity contribution in [2.24, 2.45) is 0 Å². The SMILES string of the molecule is Cc1cc(Cl)ccc1NC(=O)c1ccnc(Nc2cccc(C#N)c2)n1. The Hall–Kier alpha value is -3.43. The van der Waals surface area contributed by atoms with Crippen molar-refractivity contribution in [3.8, 4) is 6.07 Å². The summed E-state index contributed by atoms with van der Waals surface area (Å²) in [7, 11) is 0. The fourth-order valence-corrected chi connectivity index (χ4v) is 2.52. The van der Waals surface area contributed by atoms with E-state index < -0.39 is 0 Å². The number of benzene rings is 2. The third-order valence-corrected chi connectivity index (χ3v) is 3.81. The second-order valence-corrected chi connectivity index (χ2v) is 5.93. The molecule has 3 rings (SSSR count). The number of carbonyl (C=O) groups is 1. The monoisotopic (exact) mass is 363 g/mol. The van der Waals surface area contributed by atoms with Crippen molar-refractivity contribution in [2.45, 2.75) is 6.92 Å². The molecule has 0 radical (unpaired) electrons. The minimum atomic E-state index is -0.355. The lowest BCUT2D eigenvalue weighted by atomic mass is 10.2. The first-order valence-electron chi connectivity index (χ1n) is 7.73. The summed E-state index contributed by atoms with van der Waals surface area (Å²) in [5.74, 6) is -0.0905. The standard InChI is InChI=1S/C19H14ClN5O/c1-12-9-14(20)5-6-16(12)24-18(26)17-7-8-22-19(25-17)23-15-4-2-3-13(10-15)11-21/h2-10H,1H3,(H,24,26)(H,22,23,25). The van der Waals surface area contributed by atoms with Gasteiger partial charge in [0.2, 0.25) is 5.95 Å². The van der Waals surface area contributed by atoms with Crippen LogP contribution in [0.5, 0.6) is 0 Å². The van der Waals surface area contributed by atoms with Crippen LogP contribution in [-0.2, 0) is 0 Å². The van der Waals surface area contributed by atoms with Crippen molar-refractivity contribution < 1.29 is 4.79 Å². The number of anilines is 3. The van der Waals surface area contributed by atoms with Crippen LogP contribution in [0.15, 0.2) is 54.7 Å². The van der Waals surface area contributed by atoms with E-state index in [1.807, 2.05) is 6.92 Å². The minimum Gasteiger partial charge on any atom is -0.324 e. The molecule has 0 unspecified atom stereocenters. The molecule has 0 aliphatic carbocycles. The summed E-state index contributed by atoms with van der Waals surface area (Å²) < 4.78 is 0. The molecular weight excluding hydrogens is 350 g/mol. The van der Waals surface area contributed by atoms with Crippen molar-refractivity contribution in [1.82, 2.24) is 9.97 Å². The van der Waals surface area contributed by atoms with Gasteiger partial charge in [0.05, 0.1) is 11.6 Å². The lowest BCUT2D eigenvalue weighted by Gasteiger charge is -2.09. The molecule has 0 aliphatic rings. The first-order chi connectivity index (χ1) is 12.5. The second kappa shape index (κ2) is 7.64. The summed E-state index contributed by atoms with van der Waals surface area (Å²) in [5.41, 5.74) is 2.91.